The van der Waals surface area contributed by atoms with Gasteiger partial charge in [0.25, 0.3) is 0 Å². The Morgan fingerprint density at radius 2 is 1.77 bits per heavy atom. The maximum Gasteiger partial charge on any atom is 0.338 e. The van der Waals surface area contributed by atoms with Crippen LogP contribution in [0.2, 0.25) is 0 Å². The van der Waals surface area contributed by atoms with Gasteiger partial charge in [-0.2, -0.15) is 0 Å². The molecule has 1 aliphatic heterocycles. The molecule has 222 valence electrons. The first-order valence-corrected chi connectivity index (χ1v) is 15.6. The summed E-state index contributed by atoms with van der Waals surface area (Å²) >= 11 is 2.15. The molecule has 1 aliphatic carbocycles. The summed E-state index contributed by atoms with van der Waals surface area (Å²) in [6.07, 6.45) is 8.03. The van der Waals surface area contributed by atoms with Crippen molar-refractivity contribution in [1.29, 1.82) is 0 Å². The average Bonchev–Trinajstić information content (AvgIpc) is 3.31. The third kappa shape index (κ3) is 9.53. The summed E-state index contributed by atoms with van der Waals surface area (Å²) in [7, 11) is 0. The molecule has 1 aromatic rings. The number of aliphatic hydroxyl groups excluding tert-OH is 1. The zero-order valence-corrected chi connectivity index (χ0v) is 25.7. The fourth-order valence-corrected chi connectivity index (χ4v) is 5.65. The number of esters is 1. The number of nitrogens with one attached hydrogen (secondary N) is 2. The van der Waals surface area contributed by atoms with E-state index in [9.17, 15) is 14.4 Å². The quantitative estimate of drug-likeness (QED) is 0.135. The van der Waals surface area contributed by atoms with Crippen molar-refractivity contribution in [3.8, 4) is 0 Å². The molecule has 0 spiro atoms. The van der Waals surface area contributed by atoms with E-state index in [0.29, 0.717) is 11.1 Å². The van der Waals surface area contributed by atoms with Gasteiger partial charge < -0.3 is 30.0 Å². The van der Waals surface area contributed by atoms with Crippen molar-refractivity contribution in [3.05, 3.63) is 45.0 Å². The van der Waals surface area contributed by atoms with Gasteiger partial charge in [-0.1, -0.05) is 45.6 Å². The largest absolute Gasteiger partial charge is 0.456 e. The fraction of sp³-hybridized carbons (Fsp3) is 0.633. The predicted octanol–water partition coefficient (Wildman–Crippen LogP) is 4.40. The lowest BCUT2D eigenvalue weighted by Gasteiger charge is -2.31. The first-order chi connectivity index (χ1) is 19.3. The van der Waals surface area contributed by atoms with Crippen molar-refractivity contribution in [2.75, 3.05) is 19.7 Å². The summed E-state index contributed by atoms with van der Waals surface area (Å²) in [6, 6.07) is 7.18. The van der Waals surface area contributed by atoms with E-state index in [1.54, 1.807) is 24.3 Å². The van der Waals surface area contributed by atoms with Gasteiger partial charge in [-0.15, -0.1) is 0 Å². The summed E-state index contributed by atoms with van der Waals surface area (Å²) < 4.78 is 20.2. The summed E-state index contributed by atoms with van der Waals surface area (Å²) in [5, 5.41) is 14.2. The number of fused-ring (bicyclic) bond motifs is 1. The van der Waals surface area contributed by atoms with E-state index in [4.69, 9.17) is 19.3 Å². The van der Waals surface area contributed by atoms with Crippen LogP contribution in [0.15, 0.2) is 35.9 Å². The van der Waals surface area contributed by atoms with Gasteiger partial charge in [0.2, 0.25) is 11.8 Å². The molecule has 40 heavy (non-hydrogen) atoms. The zero-order valence-electron chi connectivity index (χ0n) is 23.6. The second kappa shape index (κ2) is 16.4. The summed E-state index contributed by atoms with van der Waals surface area (Å²) in [5.41, 5.74) is 0.882. The van der Waals surface area contributed by atoms with Crippen molar-refractivity contribution in [2.45, 2.75) is 102 Å². The molecule has 0 aromatic heterocycles. The predicted molar refractivity (Wildman–Crippen MR) is 160 cm³/mol. The molecule has 0 bridgehead atoms. The Labute approximate surface area is 250 Å². The number of rotatable bonds is 16. The number of halogens is 1. The Morgan fingerprint density at radius 1 is 1.05 bits per heavy atom. The van der Waals surface area contributed by atoms with Crippen molar-refractivity contribution in [2.24, 2.45) is 0 Å². The van der Waals surface area contributed by atoms with Gasteiger partial charge in [0.1, 0.15) is 18.3 Å². The van der Waals surface area contributed by atoms with Gasteiger partial charge >= 0.3 is 5.97 Å². The smallest absolute Gasteiger partial charge is 0.338 e. The van der Waals surface area contributed by atoms with Crippen LogP contribution in [0.4, 0.5) is 0 Å². The number of aliphatic hydroxyl groups is 1. The van der Waals surface area contributed by atoms with Crippen molar-refractivity contribution < 1.29 is 33.7 Å². The molecule has 1 heterocycles. The zero-order chi connectivity index (χ0) is 29.0. The summed E-state index contributed by atoms with van der Waals surface area (Å²) in [6.45, 7) is 4.48. The number of hydrogen-bond donors (Lipinski definition) is 3. The standard InChI is InChI=1S/C30H43IN2O7/c1-3-5-7-13-30(14-8-6-4-2)39-25-20-22(28(36)33-15-12-26(35)32-16-17-34)19-24(27(25)40-30)38-29(37)21-10-9-11-23(31)18-21/h9-11,18,20,24-25,27,34H,3-8,12-17,19H2,1-2H3,(H,32,35)(H,33,36)/t24-,25-,27+/m1/s1. The Bertz CT molecular complexity index is 1020. The summed E-state index contributed by atoms with van der Waals surface area (Å²) in [5.74, 6) is -1.84. The Kier molecular flexibility index (Phi) is 13.3. The molecule has 0 unspecified atom stereocenters. The van der Waals surface area contributed by atoms with E-state index in [1.807, 2.05) is 6.07 Å². The third-order valence-electron chi connectivity index (χ3n) is 7.18. The molecule has 3 rings (SSSR count). The van der Waals surface area contributed by atoms with Crippen LogP contribution in [0.1, 0.15) is 88.4 Å². The highest BCUT2D eigenvalue weighted by Crippen LogP contribution is 2.43. The second-order valence-electron chi connectivity index (χ2n) is 10.4. The van der Waals surface area contributed by atoms with E-state index in [2.05, 4.69) is 47.1 Å². The van der Waals surface area contributed by atoms with Crippen LogP contribution in [-0.4, -0.2) is 66.7 Å². The highest BCUT2D eigenvalue weighted by Gasteiger charge is 2.52. The molecule has 1 fully saturated rings. The molecular formula is C30H43IN2O7. The van der Waals surface area contributed by atoms with E-state index in [1.165, 1.54) is 0 Å². The topological polar surface area (TPSA) is 123 Å². The van der Waals surface area contributed by atoms with Gasteiger partial charge in [0.15, 0.2) is 5.79 Å². The van der Waals surface area contributed by atoms with Crippen LogP contribution in [0.25, 0.3) is 0 Å². The minimum Gasteiger partial charge on any atom is -0.456 e. The molecule has 1 aromatic carbocycles. The first-order valence-electron chi connectivity index (χ1n) is 14.5. The lowest BCUT2D eigenvalue weighted by atomic mass is 9.91. The SMILES string of the molecule is CCCCCC1(CCCCC)O[C@@H]2[C@@H](C=C(C(=O)NCCC(=O)NCCO)C[C@H]2OC(=O)c2cccc(I)c2)O1. The number of hydrogen-bond acceptors (Lipinski definition) is 7. The van der Waals surface area contributed by atoms with Crippen LogP contribution in [0.3, 0.4) is 0 Å². The van der Waals surface area contributed by atoms with Crippen LogP contribution in [0.5, 0.6) is 0 Å². The number of carbonyl (C=O) groups excluding carboxylic acids is 3. The Balaban J connectivity index is 1.78. The third-order valence-corrected chi connectivity index (χ3v) is 7.85. The molecule has 2 amide bonds. The van der Waals surface area contributed by atoms with Gasteiger partial charge in [0.05, 0.1) is 12.2 Å². The van der Waals surface area contributed by atoms with Crippen molar-refractivity contribution >= 4 is 40.4 Å². The Morgan fingerprint density at radius 3 is 2.42 bits per heavy atom. The molecule has 0 saturated carbocycles. The average molecular weight is 671 g/mol. The van der Waals surface area contributed by atoms with Crippen LogP contribution >= 0.6 is 22.6 Å². The lowest BCUT2D eigenvalue weighted by molar-refractivity contribution is -0.190. The van der Waals surface area contributed by atoms with E-state index in [0.717, 1.165) is 54.9 Å². The molecule has 3 N–H and O–H groups in total. The lowest BCUT2D eigenvalue weighted by Crippen LogP contribution is -2.44. The van der Waals surface area contributed by atoms with Crippen molar-refractivity contribution in [3.63, 3.8) is 0 Å². The van der Waals surface area contributed by atoms with Crippen LogP contribution in [-0.2, 0) is 23.8 Å². The maximum atomic E-state index is 13.1. The van der Waals surface area contributed by atoms with Gasteiger partial charge in [0, 0.05) is 47.9 Å². The normalized spacial score (nSPS) is 21.3. The van der Waals surface area contributed by atoms with Gasteiger partial charge in [-0.3, -0.25) is 9.59 Å². The fourth-order valence-electron chi connectivity index (χ4n) is 5.11. The number of carbonyl (C=O) groups is 3. The van der Waals surface area contributed by atoms with Crippen LogP contribution in [0, 0.1) is 3.57 Å². The van der Waals surface area contributed by atoms with E-state index >= 15 is 0 Å². The maximum absolute atomic E-state index is 13.1. The van der Waals surface area contributed by atoms with E-state index < -0.39 is 30.1 Å². The van der Waals surface area contributed by atoms with E-state index in [-0.39, 0.29) is 44.4 Å². The van der Waals surface area contributed by atoms with Gasteiger partial charge in [-0.05, 0) is 59.7 Å². The molecule has 9 nitrogen and oxygen atoms in total. The highest BCUT2D eigenvalue weighted by atomic mass is 127. The van der Waals surface area contributed by atoms with Crippen molar-refractivity contribution in [1.82, 2.24) is 10.6 Å². The molecule has 2 aliphatic rings. The Hall–Kier alpha value is -2.02. The number of benzene rings is 1. The van der Waals surface area contributed by atoms with Crippen LogP contribution < -0.4 is 10.6 Å². The molecule has 0 radical (unpaired) electrons. The minimum atomic E-state index is -0.778. The number of unbranched alkanes of at least 4 members (excludes halogenated alkanes) is 4. The minimum absolute atomic E-state index is 0.0910. The summed E-state index contributed by atoms with van der Waals surface area (Å²) in [4.78, 5) is 38.1. The molecule has 10 heteroatoms. The second-order valence-corrected chi connectivity index (χ2v) is 11.7. The monoisotopic (exact) mass is 670 g/mol. The van der Waals surface area contributed by atoms with Gasteiger partial charge in [-0.25, -0.2) is 4.79 Å². The number of ether oxygens (including phenoxy) is 3. The molecule has 3 atom stereocenters. The first kappa shape index (κ1) is 32.5. The highest BCUT2D eigenvalue weighted by molar-refractivity contribution is 14.1. The number of amides is 2. The molecule has 1 saturated heterocycles. The molecular weight excluding hydrogens is 627 g/mol.